The van der Waals surface area contributed by atoms with Gasteiger partial charge in [0.15, 0.2) is 0 Å². The van der Waals surface area contributed by atoms with Crippen LogP contribution in [-0.2, 0) is 4.74 Å². The predicted octanol–water partition coefficient (Wildman–Crippen LogP) is 4.32. The van der Waals surface area contributed by atoms with Crippen molar-refractivity contribution in [1.29, 1.82) is 0 Å². The summed E-state index contributed by atoms with van der Waals surface area (Å²) in [6.45, 7) is 3.86. The molecule has 2 aromatic carbocycles. The van der Waals surface area contributed by atoms with Gasteiger partial charge in [0, 0.05) is 5.69 Å². The van der Waals surface area contributed by atoms with E-state index in [9.17, 15) is 14.9 Å². The molecule has 0 saturated carbocycles. The number of ether oxygens (including phenoxy) is 2. The lowest BCUT2D eigenvalue weighted by atomic mass is 10.1. The van der Waals surface area contributed by atoms with Gasteiger partial charge < -0.3 is 14.8 Å². The standard InChI is InChI=1S/C20H18N4O5/c1-12-8-13(2)10-15(9-12)23-18-17(24(26)27)19(22-11-21-18)29-16-6-4-14(5-7-16)20(25)28-3/h4-11H,1-3H3,(H,21,22,23). The molecule has 0 aliphatic carbocycles. The van der Waals surface area contributed by atoms with E-state index in [0.29, 0.717) is 11.3 Å². The van der Waals surface area contributed by atoms with E-state index < -0.39 is 16.6 Å². The molecule has 3 aromatic rings. The number of anilines is 2. The third-order valence-corrected chi connectivity index (χ3v) is 3.95. The van der Waals surface area contributed by atoms with Crippen LogP contribution in [0.3, 0.4) is 0 Å². The topological polar surface area (TPSA) is 116 Å². The molecule has 0 radical (unpaired) electrons. The third kappa shape index (κ3) is 4.64. The van der Waals surface area contributed by atoms with Gasteiger partial charge in [-0.15, -0.1) is 0 Å². The lowest BCUT2D eigenvalue weighted by Crippen LogP contribution is -2.04. The monoisotopic (exact) mass is 394 g/mol. The number of methoxy groups -OCH3 is 1. The maximum atomic E-state index is 11.7. The summed E-state index contributed by atoms with van der Waals surface area (Å²) >= 11 is 0. The van der Waals surface area contributed by atoms with Gasteiger partial charge in [-0.3, -0.25) is 10.1 Å². The van der Waals surface area contributed by atoms with E-state index in [1.807, 2.05) is 32.0 Å². The van der Waals surface area contributed by atoms with Crippen LogP contribution in [-0.4, -0.2) is 28.0 Å². The number of aromatic nitrogens is 2. The number of hydrogen-bond acceptors (Lipinski definition) is 8. The summed E-state index contributed by atoms with van der Waals surface area (Å²) in [5.41, 5.74) is 2.60. The molecule has 148 valence electrons. The number of hydrogen-bond donors (Lipinski definition) is 1. The summed E-state index contributed by atoms with van der Waals surface area (Å²) in [4.78, 5) is 30.5. The minimum absolute atomic E-state index is 0.0104. The number of carbonyl (C=O) groups is 1. The molecule has 0 amide bonds. The number of esters is 1. The zero-order valence-electron chi connectivity index (χ0n) is 16.0. The fourth-order valence-electron chi connectivity index (χ4n) is 2.77. The lowest BCUT2D eigenvalue weighted by Gasteiger charge is -2.10. The molecular formula is C20H18N4O5. The number of nitrogens with zero attached hydrogens (tertiary/aromatic N) is 3. The molecule has 0 spiro atoms. The molecule has 3 rings (SSSR count). The highest BCUT2D eigenvalue weighted by atomic mass is 16.6. The second-order valence-corrected chi connectivity index (χ2v) is 6.25. The summed E-state index contributed by atoms with van der Waals surface area (Å²) < 4.78 is 10.2. The number of aryl methyl sites for hydroxylation is 2. The smallest absolute Gasteiger partial charge is 0.373 e. The van der Waals surface area contributed by atoms with Crippen LogP contribution in [0.1, 0.15) is 21.5 Å². The van der Waals surface area contributed by atoms with Crippen LogP contribution in [0.4, 0.5) is 17.2 Å². The van der Waals surface area contributed by atoms with Crippen molar-refractivity contribution in [2.45, 2.75) is 13.8 Å². The van der Waals surface area contributed by atoms with Crippen LogP contribution in [0.2, 0.25) is 0 Å². The second-order valence-electron chi connectivity index (χ2n) is 6.25. The molecule has 9 heteroatoms. The molecule has 0 atom stereocenters. The van der Waals surface area contributed by atoms with Crippen molar-refractivity contribution in [3.63, 3.8) is 0 Å². The van der Waals surface area contributed by atoms with Crippen molar-refractivity contribution in [3.05, 3.63) is 75.6 Å². The largest absolute Gasteiger partial charge is 0.465 e. The molecule has 1 aromatic heterocycles. The number of nitro groups is 1. The molecule has 0 unspecified atom stereocenters. The Kier molecular flexibility index (Phi) is 5.68. The van der Waals surface area contributed by atoms with E-state index in [1.165, 1.54) is 37.7 Å². The number of nitrogens with one attached hydrogen (secondary N) is 1. The van der Waals surface area contributed by atoms with Crippen LogP contribution in [0.25, 0.3) is 0 Å². The van der Waals surface area contributed by atoms with Crippen molar-refractivity contribution in [3.8, 4) is 11.6 Å². The second kappa shape index (κ2) is 8.34. The van der Waals surface area contributed by atoms with Crippen molar-refractivity contribution >= 4 is 23.2 Å². The lowest BCUT2D eigenvalue weighted by molar-refractivity contribution is -0.385. The molecule has 1 heterocycles. The summed E-state index contributed by atoms with van der Waals surface area (Å²) in [5, 5.41) is 14.6. The maximum Gasteiger partial charge on any atom is 0.373 e. The Hall–Kier alpha value is -4.01. The summed E-state index contributed by atoms with van der Waals surface area (Å²) in [6.07, 6.45) is 1.18. The van der Waals surface area contributed by atoms with Gasteiger partial charge in [-0.25, -0.2) is 9.78 Å². The van der Waals surface area contributed by atoms with E-state index >= 15 is 0 Å². The molecule has 0 aliphatic heterocycles. The molecule has 0 fully saturated rings. The molecule has 0 bridgehead atoms. The van der Waals surface area contributed by atoms with Crippen molar-refractivity contribution in [1.82, 2.24) is 9.97 Å². The zero-order valence-corrected chi connectivity index (χ0v) is 16.0. The molecule has 0 saturated heterocycles. The van der Waals surface area contributed by atoms with Gasteiger partial charge in [-0.2, -0.15) is 4.98 Å². The molecule has 0 aliphatic rings. The Bertz CT molecular complexity index is 1050. The van der Waals surface area contributed by atoms with Crippen LogP contribution in [0.5, 0.6) is 11.6 Å². The first-order valence-electron chi connectivity index (χ1n) is 8.58. The van der Waals surface area contributed by atoms with E-state index in [1.54, 1.807) is 0 Å². The molecule has 29 heavy (non-hydrogen) atoms. The maximum absolute atomic E-state index is 11.7. The van der Waals surface area contributed by atoms with Gasteiger partial charge in [0.25, 0.3) is 0 Å². The highest BCUT2D eigenvalue weighted by molar-refractivity contribution is 5.89. The van der Waals surface area contributed by atoms with Crippen LogP contribution in [0, 0.1) is 24.0 Å². The van der Waals surface area contributed by atoms with Crippen LogP contribution < -0.4 is 10.1 Å². The fraction of sp³-hybridized carbons (Fsp3) is 0.150. The average molecular weight is 394 g/mol. The summed E-state index contributed by atoms with van der Waals surface area (Å²) in [6, 6.07) is 11.7. The zero-order chi connectivity index (χ0) is 21.0. The minimum atomic E-state index is -0.608. The van der Waals surface area contributed by atoms with Gasteiger partial charge in [0.05, 0.1) is 17.6 Å². The molecule has 1 N–H and O–H groups in total. The third-order valence-electron chi connectivity index (χ3n) is 3.95. The molecular weight excluding hydrogens is 376 g/mol. The van der Waals surface area contributed by atoms with Gasteiger partial charge in [0.2, 0.25) is 5.82 Å². The van der Waals surface area contributed by atoms with Crippen LogP contribution >= 0.6 is 0 Å². The average Bonchev–Trinajstić information content (AvgIpc) is 2.67. The fourth-order valence-corrected chi connectivity index (χ4v) is 2.77. The Balaban J connectivity index is 1.92. The molecule has 9 nitrogen and oxygen atoms in total. The first-order valence-corrected chi connectivity index (χ1v) is 8.58. The Morgan fingerprint density at radius 1 is 1.07 bits per heavy atom. The highest BCUT2D eigenvalue weighted by Crippen LogP contribution is 2.35. The van der Waals surface area contributed by atoms with E-state index in [0.717, 1.165) is 11.1 Å². The van der Waals surface area contributed by atoms with Crippen molar-refractivity contribution in [2.75, 3.05) is 12.4 Å². The first kappa shape index (κ1) is 19.7. The number of benzene rings is 2. The van der Waals surface area contributed by atoms with E-state index in [4.69, 9.17) is 4.74 Å². The summed E-state index contributed by atoms with van der Waals surface area (Å²) in [7, 11) is 1.28. The first-order chi connectivity index (χ1) is 13.9. The van der Waals surface area contributed by atoms with Crippen molar-refractivity contribution < 1.29 is 19.2 Å². The summed E-state index contributed by atoms with van der Waals surface area (Å²) in [5.74, 6) is -0.430. The van der Waals surface area contributed by atoms with Gasteiger partial charge in [0.1, 0.15) is 12.1 Å². The predicted molar refractivity (Wildman–Crippen MR) is 106 cm³/mol. The Labute approximate surface area is 166 Å². The van der Waals surface area contributed by atoms with Gasteiger partial charge in [-0.1, -0.05) is 6.07 Å². The van der Waals surface area contributed by atoms with E-state index in [2.05, 4.69) is 20.0 Å². The highest BCUT2D eigenvalue weighted by Gasteiger charge is 2.25. The van der Waals surface area contributed by atoms with Gasteiger partial charge >= 0.3 is 17.5 Å². The number of carbonyl (C=O) groups excluding carboxylic acids is 1. The van der Waals surface area contributed by atoms with Crippen molar-refractivity contribution in [2.24, 2.45) is 0 Å². The quantitative estimate of drug-likeness (QED) is 0.373. The Morgan fingerprint density at radius 3 is 2.31 bits per heavy atom. The van der Waals surface area contributed by atoms with E-state index in [-0.39, 0.29) is 17.4 Å². The Morgan fingerprint density at radius 2 is 1.72 bits per heavy atom. The minimum Gasteiger partial charge on any atom is -0.465 e. The van der Waals surface area contributed by atoms with Gasteiger partial charge in [-0.05, 0) is 61.4 Å². The SMILES string of the molecule is COC(=O)c1ccc(Oc2ncnc(Nc3cc(C)cc(C)c3)c2[N+](=O)[O-])cc1. The van der Waals surface area contributed by atoms with Crippen LogP contribution in [0.15, 0.2) is 48.8 Å². The number of rotatable bonds is 6. The normalized spacial score (nSPS) is 10.3.